The minimum absolute atomic E-state index is 0.344. The molecule has 0 N–H and O–H groups in total. The Labute approximate surface area is 158 Å². The number of hydrogen-bond acceptors (Lipinski definition) is 5. The molecule has 0 aliphatic rings. The highest BCUT2D eigenvalue weighted by Crippen LogP contribution is 2.34. The van der Waals surface area contributed by atoms with Gasteiger partial charge in [-0.05, 0) is 24.3 Å². The minimum atomic E-state index is -3.65. The molecule has 0 fully saturated rings. The number of nitrogens with zero attached hydrogens (tertiary/aromatic N) is 4. The number of halogens is 4. The zero-order valence-electron chi connectivity index (χ0n) is 14.7. The first-order valence-electron chi connectivity index (χ1n) is 7.79. The van der Waals surface area contributed by atoms with Gasteiger partial charge in [0.15, 0.2) is 6.10 Å². The van der Waals surface area contributed by atoms with Crippen molar-refractivity contribution in [3.05, 3.63) is 41.9 Å². The predicted octanol–water partition coefficient (Wildman–Crippen LogP) is 4.47. The largest absolute Gasteiger partial charge is 0.465 e. The molecule has 1 amide bonds. The first-order chi connectivity index (χ1) is 12.6. The van der Waals surface area contributed by atoms with Crippen LogP contribution in [-0.4, -0.2) is 38.6 Å². The number of carbonyl (C=O) groups is 1. The molecule has 0 saturated heterocycles. The van der Waals surface area contributed by atoms with Gasteiger partial charge in [-0.2, -0.15) is 13.9 Å². The van der Waals surface area contributed by atoms with Crippen LogP contribution in [0.4, 0.5) is 18.1 Å². The maximum atomic E-state index is 13.3. The number of benzene rings is 1. The van der Waals surface area contributed by atoms with Crippen LogP contribution in [0.25, 0.3) is 0 Å². The van der Waals surface area contributed by atoms with Crippen molar-refractivity contribution in [1.82, 2.24) is 19.9 Å². The van der Waals surface area contributed by atoms with Gasteiger partial charge in [-0.3, -0.25) is 0 Å². The minimum Gasteiger partial charge on any atom is -0.465 e. The van der Waals surface area contributed by atoms with Crippen LogP contribution in [0.2, 0.25) is 5.02 Å². The Balaban J connectivity index is 2.35. The van der Waals surface area contributed by atoms with Crippen LogP contribution in [0.15, 0.2) is 36.9 Å². The Morgan fingerprint density at radius 2 is 1.89 bits per heavy atom. The lowest BCUT2D eigenvalue weighted by atomic mass is 9.87. The first-order valence-corrected chi connectivity index (χ1v) is 8.17. The van der Waals surface area contributed by atoms with E-state index in [-0.39, 0.29) is 0 Å². The molecule has 0 saturated carbocycles. The summed E-state index contributed by atoms with van der Waals surface area (Å²) in [4.78, 5) is 15.6. The van der Waals surface area contributed by atoms with Crippen molar-refractivity contribution in [3.63, 3.8) is 0 Å². The lowest BCUT2D eigenvalue weighted by Gasteiger charge is -2.36. The van der Waals surface area contributed by atoms with E-state index in [1.807, 2.05) is 0 Å². The third-order valence-electron chi connectivity index (χ3n) is 3.45. The van der Waals surface area contributed by atoms with E-state index in [4.69, 9.17) is 21.1 Å². The second kappa shape index (κ2) is 8.47. The quantitative estimate of drug-likeness (QED) is 0.523. The van der Waals surface area contributed by atoms with Gasteiger partial charge in [0.1, 0.15) is 18.4 Å². The zero-order chi connectivity index (χ0) is 20.2. The van der Waals surface area contributed by atoms with E-state index in [9.17, 15) is 18.1 Å². The topological polar surface area (TPSA) is 69.5 Å². The molecule has 7 nitrogen and oxygen atoms in total. The molecule has 2 aromatic rings. The molecular weight excluding hydrogens is 389 g/mol. The number of carbonyl (C=O) groups excluding carboxylic acids is 1. The van der Waals surface area contributed by atoms with E-state index >= 15 is 0 Å². The number of ether oxygens (including phenoxy) is 2. The fourth-order valence-electron chi connectivity index (χ4n) is 2.16. The molecule has 0 spiro atoms. The number of alkyl halides is 2. The highest BCUT2D eigenvalue weighted by molar-refractivity contribution is 6.30. The molecule has 0 aliphatic heterocycles. The van der Waals surface area contributed by atoms with Crippen molar-refractivity contribution in [1.29, 1.82) is 0 Å². The fraction of sp³-hybridized carbons (Fsp3) is 0.438. The summed E-state index contributed by atoms with van der Waals surface area (Å²) in [5, 5.41) is 3.14. The Hall–Kier alpha value is -2.49. The first kappa shape index (κ1) is 20.8. The van der Waals surface area contributed by atoms with Crippen molar-refractivity contribution in [2.75, 3.05) is 0 Å². The Kier molecular flexibility index (Phi) is 6.53. The second-order valence-electron chi connectivity index (χ2n) is 6.60. The van der Waals surface area contributed by atoms with E-state index in [1.165, 1.54) is 17.3 Å². The molecule has 27 heavy (non-hydrogen) atoms. The lowest BCUT2D eigenvalue weighted by molar-refractivity contribution is -0.152. The van der Waals surface area contributed by atoms with Crippen molar-refractivity contribution in [2.45, 2.75) is 39.7 Å². The van der Waals surface area contributed by atoms with Gasteiger partial charge in [0.05, 0.1) is 0 Å². The molecule has 0 radical (unpaired) electrons. The van der Waals surface area contributed by atoms with Crippen LogP contribution >= 0.6 is 11.6 Å². The van der Waals surface area contributed by atoms with E-state index in [0.29, 0.717) is 10.8 Å². The van der Waals surface area contributed by atoms with Crippen LogP contribution in [0, 0.1) is 5.41 Å². The number of rotatable bonds is 6. The Bertz CT molecular complexity index is 738. The van der Waals surface area contributed by atoms with Crippen LogP contribution in [0.1, 0.15) is 27.0 Å². The van der Waals surface area contributed by atoms with Crippen LogP contribution in [0.5, 0.6) is 5.75 Å². The highest BCUT2D eigenvalue weighted by Gasteiger charge is 2.41. The summed E-state index contributed by atoms with van der Waals surface area (Å²) in [5.74, 6) is 0.344. The summed E-state index contributed by atoms with van der Waals surface area (Å²) in [7, 11) is 0. The molecule has 0 aliphatic carbocycles. The van der Waals surface area contributed by atoms with E-state index < -0.39 is 35.5 Å². The average Bonchev–Trinajstić information content (AvgIpc) is 3.12. The maximum absolute atomic E-state index is 13.3. The maximum Gasteiger partial charge on any atom is 0.443 e. The molecule has 1 aromatic carbocycles. The molecule has 0 bridgehead atoms. The third-order valence-corrected chi connectivity index (χ3v) is 3.71. The molecule has 2 rings (SSSR count). The van der Waals surface area contributed by atoms with E-state index in [2.05, 4.69) is 10.1 Å². The number of amides is 1. The molecule has 11 heteroatoms. The summed E-state index contributed by atoms with van der Waals surface area (Å²) < 4.78 is 50.3. The third kappa shape index (κ3) is 5.49. The van der Waals surface area contributed by atoms with Crippen molar-refractivity contribution < 1.29 is 27.5 Å². The summed E-state index contributed by atoms with van der Waals surface area (Å²) in [6.45, 7) is 1.36. The Morgan fingerprint density at radius 1 is 1.26 bits per heavy atom. The lowest BCUT2D eigenvalue weighted by Crippen LogP contribution is -2.44. The molecule has 2 atom stereocenters. The van der Waals surface area contributed by atoms with Crippen molar-refractivity contribution >= 4 is 17.7 Å². The van der Waals surface area contributed by atoms with Gasteiger partial charge in [0.25, 0.3) is 0 Å². The fourth-order valence-corrected chi connectivity index (χ4v) is 2.28. The van der Waals surface area contributed by atoms with Crippen LogP contribution in [-0.2, 0) is 4.74 Å². The van der Waals surface area contributed by atoms with Gasteiger partial charge in [0.2, 0.25) is 6.23 Å². The SMILES string of the molecule is CC(C)(C)C(OC(=O)N(F)C(F)F)C(Oc1ccc(Cl)cc1)n1cncn1. The summed E-state index contributed by atoms with van der Waals surface area (Å²) >= 11 is 5.85. The van der Waals surface area contributed by atoms with Crippen LogP contribution in [0.3, 0.4) is 0 Å². The van der Waals surface area contributed by atoms with E-state index in [0.717, 1.165) is 0 Å². The van der Waals surface area contributed by atoms with Gasteiger partial charge in [-0.25, -0.2) is 14.5 Å². The summed E-state index contributed by atoms with van der Waals surface area (Å²) in [6, 6.07) is 6.28. The smallest absolute Gasteiger partial charge is 0.443 e. The Morgan fingerprint density at radius 3 is 2.37 bits per heavy atom. The van der Waals surface area contributed by atoms with Gasteiger partial charge in [0, 0.05) is 10.4 Å². The standard InChI is InChI=1S/C16H18ClF3N4O3/c1-16(2,3)12(27-15(25)24(20)14(18)19)13(23-9-21-8-22-23)26-11-6-4-10(17)5-7-11/h4-9,12-14H,1-3H3. The zero-order valence-corrected chi connectivity index (χ0v) is 15.5. The van der Waals surface area contributed by atoms with Gasteiger partial charge in [-0.1, -0.05) is 42.0 Å². The summed E-state index contributed by atoms with van der Waals surface area (Å²) in [6.07, 6.45) is -1.62. The molecule has 1 aromatic heterocycles. The average molecular weight is 407 g/mol. The highest BCUT2D eigenvalue weighted by atomic mass is 35.5. The van der Waals surface area contributed by atoms with Crippen molar-refractivity contribution in [2.24, 2.45) is 5.41 Å². The second-order valence-corrected chi connectivity index (χ2v) is 7.03. The van der Waals surface area contributed by atoms with E-state index in [1.54, 1.807) is 45.0 Å². The number of aromatic nitrogens is 3. The van der Waals surface area contributed by atoms with Crippen molar-refractivity contribution in [3.8, 4) is 5.75 Å². The van der Waals surface area contributed by atoms with Gasteiger partial charge >= 0.3 is 12.6 Å². The molecule has 148 valence electrons. The van der Waals surface area contributed by atoms with Crippen LogP contribution < -0.4 is 4.74 Å². The summed E-state index contributed by atoms with van der Waals surface area (Å²) in [5.41, 5.74) is -0.832. The predicted molar refractivity (Wildman–Crippen MR) is 89.8 cm³/mol. The normalized spacial score (nSPS) is 13.9. The van der Waals surface area contributed by atoms with Gasteiger partial charge in [-0.15, -0.1) is 0 Å². The number of hydrogen-bond donors (Lipinski definition) is 0. The monoisotopic (exact) mass is 406 g/mol. The molecule has 1 heterocycles. The molecular formula is C16H18ClF3N4O3. The molecule has 2 unspecified atom stereocenters. The van der Waals surface area contributed by atoms with Gasteiger partial charge < -0.3 is 9.47 Å².